The minimum atomic E-state index is 0.187. The van der Waals surface area contributed by atoms with Crippen LogP contribution in [-0.4, -0.2) is 44.2 Å². The number of benzene rings is 1. The van der Waals surface area contributed by atoms with Crippen LogP contribution in [0.5, 0.6) is 0 Å². The number of aromatic nitrogens is 4. The van der Waals surface area contributed by atoms with Crippen LogP contribution in [0, 0.1) is 11.8 Å². The van der Waals surface area contributed by atoms with Gasteiger partial charge in [-0.1, -0.05) is 36.8 Å². The van der Waals surface area contributed by atoms with Gasteiger partial charge in [0.2, 0.25) is 0 Å². The minimum absolute atomic E-state index is 0.187. The van der Waals surface area contributed by atoms with Crippen molar-refractivity contribution < 1.29 is 0 Å². The van der Waals surface area contributed by atoms with Crippen LogP contribution in [0.3, 0.4) is 0 Å². The predicted molar refractivity (Wildman–Crippen MR) is 96.7 cm³/mol. The van der Waals surface area contributed by atoms with Crippen molar-refractivity contribution in [1.29, 1.82) is 0 Å². The zero-order valence-corrected chi connectivity index (χ0v) is 15.2. The molecular formula is C19H28N6. The third kappa shape index (κ3) is 3.60. The van der Waals surface area contributed by atoms with E-state index in [0.717, 1.165) is 24.2 Å². The molecule has 2 fully saturated rings. The molecule has 25 heavy (non-hydrogen) atoms. The number of aryl methyl sites for hydroxylation is 1. The van der Waals surface area contributed by atoms with Crippen LogP contribution in [0.2, 0.25) is 0 Å². The first-order valence-corrected chi connectivity index (χ1v) is 9.45. The third-order valence-corrected chi connectivity index (χ3v) is 5.93. The minimum Gasteiger partial charge on any atom is -0.304 e. The molecule has 2 aromatic rings. The summed E-state index contributed by atoms with van der Waals surface area (Å²) in [5.41, 5.74) is 1.42. The summed E-state index contributed by atoms with van der Waals surface area (Å²) in [6.07, 6.45) is 3.95. The molecule has 1 aliphatic heterocycles. The van der Waals surface area contributed by atoms with Gasteiger partial charge in [-0.05, 0) is 47.6 Å². The van der Waals surface area contributed by atoms with Gasteiger partial charge in [-0.25, -0.2) is 4.68 Å². The number of tetrazole rings is 1. The second kappa shape index (κ2) is 7.22. The van der Waals surface area contributed by atoms with Crippen LogP contribution in [0.25, 0.3) is 0 Å². The van der Waals surface area contributed by atoms with E-state index >= 15 is 0 Å². The number of nitrogens with one attached hydrogen (secondary N) is 1. The summed E-state index contributed by atoms with van der Waals surface area (Å²) in [6, 6.07) is 11.6. The van der Waals surface area contributed by atoms with Gasteiger partial charge in [-0.2, -0.15) is 0 Å². The van der Waals surface area contributed by atoms with Gasteiger partial charge in [-0.15, -0.1) is 5.10 Å². The van der Waals surface area contributed by atoms with Crippen LogP contribution >= 0.6 is 0 Å². The molecular weight excluding hydrogens is 312 g/mol. The Morgan fingerprint density at radius 3 is 2.80 bits per heavy atom. The Labute approximate surface area is 149 Å². The van der Waals surface area contributed by atoms with E-state index in [9.17, 15) is 0 Å². The molecule has 2 aliphatic rings. The Hall–Kier alpha value is -1.79. The smallest absolute Gasteiger partial charge is 0.167 e. The molecule has 2 heterocycles. The van der Waals surface area contributed by atoms with Crippen LogP contribution < -0.4 is 5.32 Å². The summed E-state index contributed by atoms with van der Waals surface area (Å²) in [4.78, 5) is 2.64. The van der Waals surface area contributed by atoms with Gasteiger partial charge in [0.05, 0.1) is 6.04 Å². The van der Waals surface area contributed by atoms with Gasteiger partial charge in [-0.3, -0.25) is 4.90 Å². The molecule has 0 spiro atoms. The van der Waals surface area contributed by atoms with Crippen molar-refractivity contribution in [3.63, 3.8) is 0 Å². The third-order valence-electron chi connectivity index (χ3n) is 5.93. The summed E-state index contributed by atoms with van der Waals surface area (Å²) >= 11 is 0. The maximum Gasteiger partial charge on any atom is 0.167 e. The van der Waals surface area contributed by atoms with E-state index in [-0.39, 0.29) is 6.04 Å². The zero-order chi connectivity index (χ0) is 17.2. The Morgan fingerprint density at radius 1 is 1.20 bits per heavy atom. The van der Waals surface area contributed by atoms with Crippen molar-refractivity contribution >= 4 is 0 Å². The zero-order valence-electron chi connectivity index (χ0n) is 15.2. The van der Waals surface area contributed by atoms with Crippen LogP contribution in [0.4, 0.5) is 0 Å². The average molecular weight is 340 g/mol. The topological polar surface area (TPSA) is 58.9 Å². The van der Waals surface area contributed by atoms with E-state index in [1.54, 1.807) is 4.68 Å². The molecule has 6 heteroatoms. The number of nitrogens with zero attached hydrogens (tertiary/aromatic N) is 5. The molecule has 0 bridgehead atoms. The van der Waals surface area contributed by atoms with Crippen molar-refractivity contribution in [1.82, 2.24) is 30.4 Å². The van der Waals surface area contributed by atoms with Crippen molar-refractivity contribution in [3.05, 3.63) is 41.7 Å². The van der Waals surface area contributed by atoms with Gasteiger partial charge in [0, 0.05) is 32.7 Å². The van der Waals surface area contributed by atoms with Crippen molar-refractivity contribution in [3.8, 4) is 0 Å². The monoisotopic (exact) mass is 340 g/mol. The van der Waals surface area contributed by atoms with Crippen LogP contribution in [0.15, 0.2) is 30.3 Å². The highest BCUT2D eigenvalue weighted by molar-refractivity contribution is 5.15. The molecule has 0 radical (unpaired) electrons. The SMILES string of the molecule is C[C@H](N[C@@H]1CCC[C@H]2CN(Cc3ccccc3)C[C@H]21)c1nnnn1C. The normalized spacial score (nSPS) is 28.0. The fourth-order valence-electron chi connectivity index (χ4n) is 4.74. The number of fused-ring (bicyclic) bond motifs is 1. The van der Waals surface area contributed by atoms with Gasteiger partial charge < -0.3 is 5.32 Å². The lowest BCUT2D eigenvalue weighted by Gasteiger charge is -2.35. The van der Waals surface area contributed by atoms with Gasteiger partial charge in [0.1, 0.15) is 0 Å². The first kappa shape index (κ1) is 16.7. The molecule has 6 nitrogen and oxygen atoms in total. The standard InChI is InChI=1S/C19H28N6/c1-14(19-21-22-23-24(19)2)20-18-10-6-9-16-12-25(13-17(16)18)11-15-7-4-3-5-8-15/h3-5,7-8,14,16-18,20H,6,9-13H2,1-2H3/t14-,16-,17+,18+/m0/s1. The molecule has 0 amide bonds. The molecule has 1 aliphatic carbocycles. The Balaban J connectivity index is 1.40. The number of hydrogen-bond acceptors (Lipinski definition) is 5. The molecule has 1 saturated carbocycles. The highest BCUT2D eigenvalue weighted by Crippen LogP contribution is 2.37. The maximum absolute atomic E-state index is 4.17. The summed E-state index contributed by atoms with van der Waals surface area (Å²) in [5, 5.41) is 15.7. The maximum atomic E-state index is 4.17. The number of rotatable bonds is 5. The molecule has 4 atom stereocenters. The number of likely N-dealkylation sites (tertiary alicyclic amines) is 1. The molecule has 1 aromatic heterocycles. The van der Waals surface area contributed by atoms with Gasteiger partial charge in [0.25, 0.3) is 0 Å². The fraction of sp³-hybridized carbons (Fsp3) is 0.632. The summed E-state index contributed by atoms with van der Waals surface area (Å²) in [5.74, 6) is 2.47. The molecule has 1 saturated heterocycles. The summed E-state index contributed by atoms with van der Waals surface area (Å²) in [7, 11) is 1.91. The molecule has 134 valence electrons. The molecule has 1 N–H and O–H groups in total. The van der Waals surface area contributed by atoms with E-state index in [0.29, 0.717) is 6.04 Å². The van der Waals surface area contributed by atoms with Crippen LogP contribution in [0.1, 0.15) is 43.6 Å². The first-order valence-electron chi connectivity index (χ1n) is 9.45. The van der Waals surface area contributed by atoms with Gasteiger partial charge in [0.15, 0.2) is 5.82 Å². The lowest BCUT2D eigenvalue weighted by atomic mass is 9.78. The van der Waals surface area contributed by atoms with E-state index in [1.807, 2.05) is 7.05 Å². The van der Waals surface area contributed by atoms with Crippen molar-refractivity contribution in [2.45, 2.75) is 44.8 Å². The second-order valence-electron chi connectivity index (χ2n) is 7.69. The largest absolute Gasteiger partial charge is 0.304 e. The Kier molecular flexibility index (Phi) is 4.81. The van der Waals surface area contributed by atoms with Crippen molar-refractivity contribution in [2.75, 3.05) is 13.1 Å². The Bertz CT molecular complexity index is 684. The van der Waals surface area contributed by atoms with E-state index in [4.69, 9.17) is 0 Å². The highest BCUT2D eigenvalue weighted by Gasteiger charge is 2.40. The predicted octanol–water partition coefficient (Wildman–Crippen LogP) is 2.16. The fourth-order valence-corrected chi connectivity index (χ4v) is 4.74. The van der Waals surface area contributed by atoms with E-state index < -0.39 is 0 Å². The Morgan fingerprint density at radius 2 is 2.04 bits per heavy atom. The van der Waals surface area contributed by atoms with E-state index in [2.05, 4.69) is 63.0 Å². The quantitative estimate of drug-likeness (QED) is 0.904. The van der Waals surface area contributed by atoms with E-state index in [1.165, 1.54) is 37.9 Å². The van der Waals surface area contributed by atoms with Crippen molar-refractivity contribution in [2.24, 2.45) is 18.9 Å². The summed E-state index contributed by atoms with van der Waals surface area (Å²) in [6.45, 7) is 5.67. The lowest BCUT2D eigenvalue weighted by Crippen LogP contribution is -2.44. The van der Waals surface area contributed by atoms with Gasteiger partial charge >= 0.3 is 0 Å². The summed E-state index contributed by atoms with van der Waals surface area (Å²) < 4.78 is 1.77. The highest BCUT2D eigenvalue weighted by atomic mass is 15.5. The molecule has 0 unspecified atom stereocenters. The molecule has 1 aromatic carbocycles. The second-order valence-corrected chi connectivity index (χ2v) is 7.69. The number of hydrogen-bond donors (Lipinski definition) is 1. The molecule has 4 rings (SSSR count). The lowest BCUT2D eigenvalue weighted by molar-refractivity contribution is 0.208. The first-order chi connectivity index (χ1) is 12.2. The van der Waals surface area contributed by atoms with Crippen LogP contribution in [-0.2, 0) is 13.6 Å². The average Bonchev–Trinajstić information content (AvgIpc) is 3.22.